The molecule has 0 atom stereocenters. The summed E-state index contributed by atoms with van der Waals surface area (Å²) in [5, 5.41) is 15.4. The summed E-state index contributed by atoms with van der Waals surface area (Å²) in [6, 6.07) is 19.7. The second kappa shape index (κ2) is 11.1. The number of aromatic nitrogens is 3. The third-order valence-corrected chi connectivity index (χ3v) is 7.10. The van der Waals surface area contributed by atoms with Crippen LogP contribution in [-0.4, -0.2) is 20.5 Å². The van der Waals surface area contributed by atoms with Crippen LogP contribution in [0, 0.1) is 0 Å². The molecule has 6 nitrogen and oxygen atoms in total. The maximum Gasteiger partial charge on any atom is 0.244 e. The minimum absolute atomic E-state index is 0.117. The number of fused-ring (bicyclic) bond motifs is 1. The molecule has 0 aliphatic rings. The zero-order chi connectivity index (χ0) is 24.9. The molecule has 2 N–H and O–H groups in total. The van der Waals surface area contributed by atoms with Crippen LogP contribution in [0.5, 0.6) is 0 Å². The Balaban J connectivity index is 1.25. The molecular formula is C27H21BrClN5OS. The number of amides is 1. The Kier molecular flexibility index (Phi) is 7.46. The average Bonchev–Trinajstić information content (AvgIpc) is 3.56. The van der Waals surface area contributed by atoms with Crippen LogP contribution >= 0.6 is 38.9 Å². The summed E-state index contributed by atoms with van der Waals surface area (Å²) in [5.41, 5.74) is 5.47. The van der Waals surface area contributed by atoms with E-state index < -0.39 is 0 Å². The first-order chi connectivity index (χ1) is 17.6. The normalized spacial score (nSPS) is 11.3. The number of nitrogens with one attached hydrogen (secondary N) is 2. The summed E-state index contributed by atoms with van der Waals surface area (Å²) in [7, 11) is 0. The van der Waals surface area contributed by atoms with Crippen molar-refractivity contribution in [2.24, 2.45) is 0 Å². The number of halogens is 2. The fraction of sp³-hybridized carbons (Fsp3) is 0.0741. The summed E-state index contributed by atoms with van der Waals surface area (Å²) in [5.74, 6) is 0.683. The number of benzene rings is 2. The van der Waals surface area contributed by atoms with Crippen molar-refractivity contribution in [3.05, 3.63) is 110 Å². The summed E-state index contributed by atoms with van der Waals surface area (Å²) in [4.78, 5) is 16.8. The first kappa shape index (κ1) is 24.2. The van der Waals surface area contributed by atoms with Crippen LogP contribution in [0.2, 0.25) is 5.02 Å². The van der Waals surface area contributed by atoms with Crippen molar-refractivity contribution in [2.75, 3.05) is 5.32 Å². The highest BCUT2D eigenvalue weighted by atomic mass is 79.9. The third-order valence-electron chi connectivity index (χ3n) is 5.51. The predicted octanol–water partition coefficient (Wildman–Crippen LogP) is 6.82. The monoisotopic (exact) mass is 577 g/mol. The van der Waals surface area contributed by atoms with Crippen LogP contribution in [0.3, 0.4) is 0 Å². The van der Waals surface area contributed by atoms with Gasteiger partial charge in [-0.05, 0) is 61.6 Å². The second-order valence-electron chi connectivity index (χ2n) is 8.01. The van der Waals surface area contributed by atoms with Gasteiger partial charge in [-0.2, -0.15) is 21.0 Å². The Labute approximate surface area is 225 Å². The number of carbonyl (C=O) groups is 1. The van der Waals surface area contributed by atoms with Gasteiger partial charge in [-0.3, -0.25) is 4.79 Å². The average molecular weight is 579 g/mol. The summed E-state index contributed by atoms with van der Waals surface area (Å²) < 4.78 is 2.56. The van der Waals surface area contributed by atoms with E-state index in [2.05, 4.69) is 31.7 Å². The molecule has 0 bridgehead atoms. The van der Waals surface area contributed by atoms with E-state index >= 15 is 0 Å². The van der Waals surface area contributed by atoms with Crippen molar-refractivity contribution >= 4 is 62.3 Å². The summed E-state index contributed by atoms with van der Waals surface area (Å²) in [6.07, 6.45) is 5.09. The lowest BCUT2D eigenvalue weighted by molar-refractivity contribution is -0.116. The Morgan fingerprint density at radius 1 is 1.08 bits per heavy atom. The molecule has 36 heavy (non-hydrogen) atoms. The van der Waals surface area contributed by atoms with E-state index in [1.165, 1.54) is 0 Å². The molecule has 3 aromatic heterocycles. The minimum Gasteiger partial charge on any atom is -0.366 e. The smallest absolute Gasteiger partial charge is 0.244 e. The van der Waals surface area contributed by atoms with Crippen molar-refractivity contribution in [3.8, 4) is 11.3 Å². The van der Waals surface area contributed by atoms with Crippen molar-refractivity contribution in [1.29, 1.82) is 0 Å². The standard InChI is InChI=1S/C27H21BrClN5OS/c28-22-16-32-34-25(13-24(33-27(22)34)21-3-1-2-4-23(21)29)30-14-18-5-7-19(8-6-18)15-31-26(35)10-9-20-11-12-36-17-20/h1-13,16-17,30H,14-15H2,(H,31,35). The summed E-state index contributed by atoms with van der Waals surface area (Å²) in [6.45, 7) is 1.06. The van der Waals surface area contributed by atoms with Crippen molar-refractivity contribution in [1.82, 2.24) is 19.9 Å². The fourth-order valence-corrected chi connectivity index (χ4v) is 4.84. The van der Waals surface area contributed by atoms with Gasteiger partial charge in [0, 0.05) is 35.8 Å². The van der Waals surface area contributed by atoms with Crippen LogP contribution in [-0.2, 0) is 17.9 Å². The zero-order valence-corrected chi connectivity index (χ0v) is 22.1. The first-order valence-electron chi connectivity index (χ1n) is 11.2. The molecule has 0 aliphatic heterocycles. The largest absolute Gasteiger partial charge is 0.366 e. The lowest BCUT2D eigenvalue weighted by atomic mass is 10.1. The molecule has 0 spiro atoms. The molecule has 0 radical (unpaired) electrons. The van der Waals surface area contributed by atoms with Gasteiger partial charge in [0.05, 0.1) is 16.4 Å². The number of hydrogen-bond donors (Lipinski definition) is 2. The van der Waals surface area contributed by atoms with E-state index in [4.69, 9.17) is 16.6 Å². The Hall–Kier alpha value is -3.46. The number of rotatable bonds is 8. The van der Waals surface area contributed by atoms with Gasteiger partial charge in [0.25, 0.3) is 0 Å². The van der Waals surface area contributed by atoms with E-state index in [1.54, 1.807) is 28.1 Å². The molecule has 0 fully saturated rings. The quantitative estimate of drug-likeness (QED) is 0.198. The summed E-state index contributed by atoms with van der Waals surface area (Å²) >= 11 is 11.6. The number of hydrogen-bond acceptors (Lipinski definition) is 5. The van der Waals surface area contributed by atoms with E-state index in [1.807, 2.05) is 77.5 Å². The van der Waals surface area contributed by atoms with Crippen molar-refractivity contribution in [3.63, 3.8) is 0 Å². The van der Waals surface area contributed by atoms with Crippen molar-refractivity contribution < 1.29 is 4.79 Å². The SMILES string of the molecule is O=C(C=Cc1ccsc1)NCc1ccc(CNc2cc(-c3ccccc3Cl)nc3c(Br)cnn23)cc1. The number of thiophene rings is 1. The van der Waals surface area contributed by atoms with Crippen LogP contribution in [0.15, 0.2) is 88.2 Å². The predicted molar refractivity (Wildman–Crippen MR) is 150 cm³/mol. The zero-order valence-electron chi connectivity index (χ0n) is 19.0. The van der Waals surface area contributed by atoms with Crippen LogP contribution < -0.4 is 10.6 Å². The molecule has 0 aliphatic carbocycles. The highest BCUT2D eigenvalue weighted by Gasteiger charge is 2.13. The Morgan fingerprint density at radius 2 is 1.86 bits per heavy atom. The highest BCUT2D eigenvalue weighted by molar-refractivity contribution is 9.10. The first-order valence-corrected chi connectivity index (χ1v) is 13.3. The molecule has 9 heteroatoms. The molecular weight excluding hydrogens is 558 g/mol. The lowest BCUT2D eigenvalue weighted by Crippen LogP contribution is -2.20. The van der Waals surface area contributed by atoms with Crippen molar-refractivity contribution in [2.45, 2.75) is 13.1 Å². The Bertz CT molecular complexity index is 1530. The number of nitrogens with zero attached hydrogens (tertiary/aromatic N) is 3. The van der Waals surface area contributed by atoms with Gasteiger partial charge in [0.1, 0.15) is 5.82 Å². The molecule has 5 aromatic rings. The molecule has 0 saturated heterocycles. The van der Waals surface area contributed by atoms with E-state index in [9.17, 15) is 4.79 Å². The lowest BCUT2D eigenvalue weighted by Gasteiger charge is -2.12. The maximum absolute atomic E-state index is 12.1. The number of anilines is 1. The van der Waals surface area contributed by atoms with Gasteiger partial charge in [0.2, 0.25) is 5.91 Å². The number of carbonyl (C=O) groups excluding carboxylic acids is 1. The highest BCUT2D eigenvalue weighted by Crippen LogP contribution is 2.30. The van der Waals surface area contributed by atoms with Crippen LogP contribution in [0.1, 0.15) is 16.7 Å². The second-order valence-corrected chi connectivity index (χ2v) is 10.1. The molecule has 2 aromatic carbocycles. The van der Waals surface area contributed by atoms with Crippen LogP contribution in [0.25, 0.3) is 23.0 Å². The topological polar surface area (TPSA) is 71.3 Å². The molecule has 5 rings (SSSR count). The molecule has 0 unspecified atom stereocenters. The molecule has 0 saturated carbocycles. The fourth-order valence-electron chi connectivity index (χ4n) is 3.63. The van der Waals surface area contributed by atoms with Crippen LogP contribution in [0.4, 0.5) is 5.82 Å². The van der Waals surface area contributed by atoms with Gasteiger partial charge in [-0.15, -0.1) is 0 Å². The molecule has 1 amide bonds. The molecule has 180 valence electrons. The Morgan fingerprint density at radius 3 is 2.61 bits per heavy atom. The van der Waals surface area contributed by atoms with E-state index in [0.29, 0.717) is 23.8 Å². The minimum atomic E-state index is -0.117. The van der Waals surface area contributed by atoms with Gasteiger partial charge < -0.3 is 10.6 Å². The van der Waals surface area contributed by atoms with Gasteiger partial charge >= 0.3 is 0 Å². The van der Waals surface area contributed by atoms with Gasteiger partial charge in [0.15, 0.2) is 5.65 Å². The van der Waals surface area contributed by atoms with E-state index in [-0.39, 0.29) is 5.91 Å². The third kappa shape index (κ3) is 5.67. The molecule has 3 heterocycles. The maximum atomic E-state index is 12.1. The van der Waals surface area contributed by atoms with Gasteiger partial charge in [-0.25, -0.2) is 4.98 Å². The van der Waals surface area contributed by atoms with Gasteiger partial charge in [-0.1, -0.05) is 54.1 Å². The van der Waals surface area contributed by atoms with E-state index in [0.717, 1.165) is 38.2 Å².